The first kappa shape index (κ1) is 36.3. The molecule has 1 aromatic rings. The number of aliphatic hydroxyl groups is 2. The summed E-state index contributed by atoms with van der Waals surface area (Å²) < 4.78 is 0. The van der Waals surface area contributed by atoms with E-state index >= 15 is 0 Å². The van der Waals surface area contributed by atoms with Crippen LogP contribution in [0.15, 0.2) is 30.3 Å². The fourth-order valence-electron chi connectivity index (χ4n) is 5.78. The van der Waals surface area contributed by atoms with Crippen molar-refractivity contribution in [3.63, 3.8) is 0 Å². The summed E-state index contributed by atoms with van der Waals surface area (Å²) in [6.07, 6.45) is 10.1. The van der Waals surface area contributed by atoms with Crippen LogP contribution in [0.25, 0.3) is 0 Å². The summed E-state index contributed by atoms with van der Waals surface area (Å²) >= 11 is 0. The molecule has 5 N–H and O–H groups in total. The molecule has 9 nitrogen and oxygen atoms in total. The molecule has 0 heterocycles. The van der Waals surface area contributed by atoms with E-state index in [-0.39, 0.29) is 24.7 Å². The fraction of sp³-hybridized carbons (Fsp3) is 0.676. The van der Waals surface area contributed by atoms with Crippen LogP contribution in [0.3, 0.4) is 0 Å². The van der Waals surface area contributed by atoms with Gasteiger partial charge in [0, 0.05) is 33.0 Å². The summed E-state index contributed by atoms with van der Waals surface area (Å²) in [5.74, 6) is 1.18. The van der Waals surface area contributed by atoms with E-state index in [1.54, 1.807) is 11.9 Å². The van der Waals surface area contributed by atoms with E-state index in [1.807, 2.05) is 51.2 Å². The third-order valence-corrected chi connectivity index (χ3v) is 8.35. The van der Waals surface area contributed by atoms with Gasteiger partial charge in [0.05, 0.1) is 18.1 Å². The highest BCUT2D eigenvalue weighted by atomic mass is 16.3. The molecule has 1 saturated carbocycles. The van der Waals surface area contributed by atoms with Crippen LogP contribution in [0, 0.1) is 30.1 Å². The van der Waals surface area contributed by atoms with Gasteiger partial charge >= 0.3 is 0 Å². The lowest BCUT2D eigenvalue weighted by Crippen LogP contribution is -2.56. The van der Waals surface area contributed by atoms with E-state index in [1.165, 1.54) is 6.42 Å². The monoisotopic (exact) mass is 598 g/mol. The normalized spacial score (nSPS) is 17.3. The van der Waals surface area contributed by atoms with Crippen LogP contribution < -0.4 is 16.0 Å². The summed E-state index contributed by atoms with van der Waals surface area (Å²) in [7, 11) is 3.52. The topological polar surface area (TPSA) is 131 Å². The minimum atomic E-state index is -1.15. The zero-order chi connectivity index (χ0) is 31.8. The highest BCUT2D eigenvalue weighted by Crippen LogP contribution is 2.29. The van der Waals surface area contributed by atoms with Crippen LogP contribution in [0.1, 0.15) is 77.2 Å². The largest absolute Gasteiger partial charge is 0.390 e. The van der Waals surface area contributed by atoms with Gasteiger partial charge in [-0.15, -0.1) is 12.3 Å². The van der Waals surface area contributed by atoms with Gasteiger partial charge in [-0.25, -0.2) is 0 Å². The molecule has 240 valence electrons. The third kappa shape index (κ3) is 13.1. The molecule has 0 saturated heterocycles. The van der Waals surface area contributed by atoms with Gasteiger partial charge in [-0.2, -0.15) is 0 Å². The van der Waals surface area contributed by atoms with Crippen LogP contribution in [-0.2, 0) is 20.8 Å². The Morgan fingerprint density at radius 1 is 1.05 bits per heavy atom. The Morgan fingerprint density at radius 3 is 2.33 bits per heavy atom. The van der Waals surface area contributed by atoms with Crippen LogP contribution >= 0.6 is 0 Å². The molecule has 5 atom stereocenters. The number of aliphatic hydroxyl groups excluding tert-OH is 2. The number of hydrogen-bond acceptors (Lipinski definition) is 6. The number of carbonyl (C=O) groups is 3. The van der Waals surface area contributed by atoms with Crippen LogP contribution in [-0.4, -0.2) is 84.3 Å². The van der Waals surface area contributed by atoms with E-state index in [2.05, 4.69) is 21.9 Å². The Kier molecular flexibility index (Phi) is 16.3. The van der Waals surface area contributed by atoms with Gasteiger partial charge in [0.25, 0.3) is 0 Å². The molecule has 2 rings (SSSR count). The Morgan fingerprint density at radius 2 is 1.72 bits per heavy atom. The molecule has 43 heavy (non-hydrogen) atoms. The Labute approximate surface area is 258 Å². The molecule has 0 spiro atoms. The van der Waals surface area contributed by atoms with Crippen molar-refractivity contribution in [1.29, 1.82) is 0 Å². The Bertz CT molecular complexity index is 1020. The second kappa shape index (κ2) is 19.4. The summed E-state index contributed by atoms with van der Waals surface area (Å²) in [4.78, 5) is 41.8. The van der Waals surface area contributed by atoms with Gasteiger partial charge in [-0.1, -0.05) is 76.3 Å². The first-order valence-corrected chi connectivity index (χ1v) is 15.9. The maximum atomic E-state index is 13.6. The molecule has 0 aliphatic heterocycles. The minimum absolute atomic E-state index is 0.0181. The fourth-order valence-corrected chi connectivity index (χ4v) is 5.78. The highest BCUT2D eigenvalue weighted by molar-refractivity contribution is 5.91. The Hall–Kier alpha value is -2.93. The quantitative estimate of drug-likeness (QED) is 0.165. The molecule has 3 amide bonds. The van der Waals surface area contributed by atoms with Crippen LogP contribution in [0.4, 0.5) is 0 Å². The van der Waals surface area contributed by atoms with Crippen molar-refractivity contribution in [2.75, 3.05) is 27.2 Å². The average Bonchev–Trinajstić information content (AvgIpc) is 2.99. The second-order valence-corrected chi connectivity index (χ2v) is 12.5. The molecule has 1 fully saturated rings. The number of nitrogens with zero attached hydrogens (tertiary/aromatic N) is 1. The molecule has 9 heteroatoms. The number of hydrogen-bond donors (Lipinski definition) is 5. The first-order valence-electron chi connectivity index (χ1n) is 15.9. The molecule has 0 bridgehead atoms. The van der Waals surface area contributed by atoms with Crippen molar-refractivity contribution >= 4 is 17.7 Å². The number of terminal acetylenes is 1. The SMILES string of the molecule is C#CC[C@H](NC(=O)C(CC(=O)N(C)CCNC)Cc1ccccc1)C(=O)NC(CC1CCCCC1)[C@@H](O)C(O)CC(C)C. The number of carbonyl (C=O) groups excluding carboxylic acids is 3. The predicted octanol–water partition coefficient (Wildman–Crippen LogP) is 2.64. The zero-order valence-corrected chi connectivity index (χ0v) is 26.6. The van der Waals surface area contributed by atoms with Crippen molar-refractivity contribution in [2.45, 2.75) is 102 Å². The summed E-state index contributed by atoms with van der Waals surface area (Å²) in [6.45, 7) is 5.07. The molecule has 1 aliphatic rings. The van der Waals surface area contributed by atoms with Crippen molar-refractivity contribution in [2.24, 2.45) is 17.8 Å². The second-order valence-electron chi connectivity index (χ2n) is 12.5. The van der Waals surface area contributed by atoms with Crippen molar-refractivity contribution < 1.29 is 24.6 Å². The zero-order valence-electron chi connectivity index (χ0n) is 26.6. The van der Waals surface area contributed by atoms with Gasteiger partial charge in [0.2, 0.25) is 17.7 Å². The summed E-state index contributed by atoms with van der Waals surface area (Å²) in [5, 5.41) is 30.6. The lowest BCUT2D eigenvalue weighted by Gasteiger charge is -2.33. The molecular formula is C34H54N4O5. The predicted molar refractivity (Wildman–Crippen MR) is 170 cm³/mol. The molecule has 0 radical (unpaired) electrons. The maximum absolute atomic E-state index is 13.6. The maximum Gasteiger partial charge on any atom is 0.243 e. The molecule has 3 unspecified atom stereocenters. The van der Waals surface area contributed by atoms with Crippen LogP contribution in [0.5, 0.6) is 0 Å². The van der Waals surface area contributed by atoms with Crippen molar-refractivity contribution in [1.82, 2.24) is 20.9 Å². The number of rotatable bonds is 18. The lowest BCUT2D eigenvalue weighted by atomic mass is 9.82. The number of amides is 3. The standard InChI is InChI=1S/C34H54N4O5/c1-6-13-28(34(43)37-29(22-26-16-11-8-12-17-26)32(41)30(39)20-24(2)3)36-33(42)27(21-25-14-9-7-10-15-25)23-31(40)38(5)19-18-35-4/h1,7,9-10,14-15,24,26-30,32,35,39,41H,8,11-13,16-23H2,2-5H3,(H,36,42)(H,37,43)/t27?,28-,29?,30?,32+/m0/s1. The number of likely N-dealkylation sites (N-methyl/N-ethyl adjacent to an activating group) is 2. The van der Waals surface area contributed by atoms with E-state index in [4.69, 9.17) is 6.42 Å². The Balaban J connectivity index is 2.21. The average molecular weight is 599 g/mol. The molecular weight excluding hydrogens is 544 g/mol. The minimum Gasteiger partial charge on any atom is -0.390 e. The smallest absolute Gasteiger partial charge is 0.243 e. The molecule has 1 aliphatic carbocycles. The van der Waals surface area contributed by atoms with Crippen molar-refractivity contribution in [3.8, 4) is 12.3 Å². The molecule has 0 aromatic heterocycles. The van der Waals surface area contributed by atoms with Crippen molar-refractivity contribution in [3.05, 3.63) is 35.9 Å². The lowest BCUT2D eigenvalue weighted by molar-refractivity contribution is -0.136. The summed E-state index contributed by atoms with van der Waals surface area (Å²) in [5.41, 5.74) is 0.904. The summed E-state index contributed by atoms with van der Waals surface area (Å²) in [6, 6.07) is 7.73. The van der Waals surface area contributed by atoms with Gasteiger partial charge in [0.15, 0.2) is 0 Å². The van der Waals surface area contributed by atoms with E-state index < -0.39 is 42.0 Å². The number of nitrogens with one attached hydrogen (secondary N) is 3. The third-order valence-electron chi connectivity index (χ3n) is 8.35. The van der Waals surface area contributed by atoms with Gasteiger partial charge in [-0.3, -0.25) is 14.4 Å². The van der Waals surface area contributed by atoms with Gasteiger partial charge in [-0.05, 0) is 43.7 Å². The van der Waals surface area contributed by atoms with E-state index in [9.17, 15) is 24.6 Å². The van der Waals surface area contributed by atoms with Crippen LogP contribution in [0.2, 0.25) is 0 Å². The highest BCUT2D eigenvalue weighted by Gasteiger charge is 2.34. The first-order chi connectivity index (χ1) is 20.5. The number of benzene rings is 1. The van der Waals surface area contributed by atoms with E-state index in [0.717, 1.165) is 31.2 Å². The van der Waals surface area contributed by atoms with Gasteiger partial charge in [0.1, 0.15) is 12.1 Å². The van der Waals surface area contributed by atoms with Gasteiger partial charge < -0.3 is 31.1 Å². The molecule has 1 aromatic carbocycles. The van der Waals surface area contributed by atoms with E-state index in [0.29, 0.717) is 38.3 Å².